The maximum absolute atomic E-state index is 7.14. The number of hydrogen-bond acceptors (Lipinski definition) is 4. The molecule has 0 N–H and O–H groups in total. The number of benzene rings is 19. The number of furan rings is 2. The molecule has 19 aromatic carbocycles. The average molecular weight is 1350 g/mol. The van der Waals surface area contributed by atoms with Crippen LogP contribution in [-0.4, -0.2) is 0 Å². The molecule has 0 saturated carbocycles. The van der Waals surface area contributed by atoms with Gasteiger partial charge in [-0.25, -0.2) is 0 Å². The molecule has 4 nitrogen and oxygen atoms in total. The summed E-state index contributed by atoms with van der Waals surface area (Å²) in [7, 11) is 0. The molecule has 0 bridgehead atoms. The molecule has 0 aliphatic rings. The summed E-state index contributed by atoms with van der Waals surface area (Å²) in [6.45, 7) is 0. The Hall–Kier alpha value is -14.1. The molecule has 0 radical (unpaired) electrons. The van der Waals surface area contributed by atoms with Crippen LogP contribution in [0.2, 0.25) is 0 Å². The monoisotopic (exact) mass is 1350 g/mol. The largest absolute Gasteiger partial charge is 0.455 e. The Balaban J connectivity index is 0.656. The van der Waals surface area contributed by atoms with Crippen LogP contribution in [0.5, 0.6) is 0 Å². The normalized spacial score (nSPS) is 11.8. The van der Waals surface area contributed by atoms with Crippen molar-refractivity contribution in [2.24, 2.45) is 0 Å². The van der Waals surface area contributed by atoms with Crippen LogP contribution in [0.25, 0.3) is 175 Å². The topological polar surface area (TPSA) is 32.8 Å². The van der Waals surface area contributed by atoms with E-state index < -0.39 is 0 Å². The Morgan fingerprint density at radius 1 is 0.170 bits per heavy atom. The fourth-order valence-corrected chi connectivity index (χ4v) is 16.9. The fraction of sp³-hybridized carbons (Fsp3) is 0. The van der Waals surface area contributed by atoms with E-state index in [1.807, 2.05) is 0 Å². The number of anilines is 6. The van der Waals surface area contributed by atoms with Crippen molar-refractivity contribution in [2.45, 2.75) is 0 Å². The van der Waals surface area contributed by atoms with E-state index in [2.05, 4.69) is 398 Å². The second-order valence-corrected chi connectivity index (χ2v) is 27.8. The summed E-state index contributed by atoms with van der Waals surface area (Å²) in [4.78, 5) is 4.84. The van der Waals surface area contributed by atoms with E-state index in [0.29, 0.717) is 0 Å². The van der Waals surface area contributed by atoms with Crippen LogP contribution >= 0.6 is 0 Å². The van der Waals surface area contributed by atoms with Crippen molar-refractivity contribution in [3.8, 4) is 66.8 Å². The van der Waals surface area contributed by atoms with Gasteiger partial charge in [0.05, 0.1) is 5.69 Å². The van der Waals surface area contributed by atoms with Gasteiger partial charge in [0, 0.05) is 66.1 Å². The summed E-state index contributed by atoms with van der Waals surface area (Å²) in [6, 6.07) is 142. The molecule has 494 valence electrons. The van der Waals surface area contributed by atoms with Gasteiger partial charge in [-0.3, -0.25) is 0 Å². The molecule has 2 aromatic heterocycles. The van der Waals surface area contributed by atoms with E-state index >= 15 is 0 Å². The van der Waals surface area contributed by atoms with Crippen molar-refractivity contribution in [3.63, 3.8) is 0 Å². The van der Waals surface area contributed by atoms with E-state index in [1.165, 1.54) is 54.2 Å². The van der Waals surface area contributed by atoms with Gasteiger partial charge in [-0.15, -0.1) is 0 Å². The number of rotatable bonds is 12. The number of hydrogen-bond donors (Lipinski definition) is 0. The van der Waals surface area contributed by atoms with Crippen molar-refractivity contribution >= 4 is 143 Å². The van der Waals surface area contributed by atoms with E-state index in [1.54, 1.807) is 0 Å². The Morgan fingerprint density at radius 2 is 0.481 bits per heavy atom. The van der Waals surface area contributed by atoms with Crippen molar-refractivity contribution in [1.29, 1.82) is 0 Å². The van der Waals surface area contributed by atoms with Gasteiger partial charge in [0.2, 0.25) is 0 Å². The lowest BCUT2D eigenvalue weighted by Crippen LogP contribution is -2.10. The van der Waals surface area contributed by atoms with Gasteiger partial charge < -0.3 is 18.6 Å². The number of nitrogens with zero attached hydrogens (tertiary/aromatic N) is 2. The summed E-state index contributed by atoms with van der Waals surface area (Å²) >= 11 is 0. The summed E-state index contributed by atoms with van der Waals surface area (Å²) in [5, 5.41) is 18.4. The predicted octanol–water partition coefficient (Wildman–Crippen LogP) is 29.3. The van der Waals surface area contributed by atoms with E-state index in [0.717, 1.165) is 155 Å². The van der Waals surface area contributed by atoms with Crippen molar-refractivity contribution in [2.75, 3.05) is 9.80 Å². The third-order valence-corrected chi connectivity index (χ3v) is 21.8. The van der Waals surface area contributed by atoms with Crippen LogP contribution in [0.1, 0.15) is 0 Å². The molecule has 0 aliphatic carbocycles. The van der Waals surface area contributed by atoms with Crippen LogP contribution < -0.4 is 9.80 Å². The Bertz CT molecular complexity index is 7000. The zero-order chi connectivity index (χ0) is 69.8. The quantitative estimate of drug-likeness (QED) is 0.122. The molecule has 21 rings (SSSR count). The van der Waals surface area contributed by atoms with Crippen LogP contribution in [0.3, 0.4) is 0 Å². The first kappa shape index (κ1) is 60.7. The third kappa shape index (κ3) is 10.1. The Morgan fingerprint density at radius 3 is 0.962 bits per heavy atom. The van der Waals surface area contributed by atoms with Crippen molar-refractivity contribution in [3.05, 3.63) is 388 Å². The summed E-state index contributed by atoms with van der Waals surface area (Å²) < 4.78 is 13.9. The first-order chi connectivity index (χ1) is 52.5. The van der Waals surface area contributed by atoms with Gasteiger partial charge in [-0.2, -0.15) is 0 Å². The van der Waals surface area contributed by atoms with Gasteiger partial charge in [-0.1, -0.05) is 291 Å². The highest BCUT2D eigenvalue weighted by Crippen LogP contribution is 2.49. The molecule has 0 amide bonds. The van der Waals surface area contributed by atoms with Crippen molar-refractivity contribution in [1.82, 2.24) is 0 Å². The zero-order valence-corrected chi connectivity index (χ0v) is 57.7. The van der Waals surface area contributed by atoms with Gasteiger partial charge in [-0.05, 0) is 212 Å². The third-order valence-electron chi connectivity index (χ3n) is 21.8. The maximum Gasteiger partial charge on any atom is 0.143 e. The predicted molar refractivity (Wildman–Crippen MR) is 448 cm³/mol. The Labute approximate surface area is 612 Å². The standard InChI is InChI=1S/C102H64N2O2/c1-5-38-81-65(21-1)25-16-44-83(81)70-28-11-33-76(59-70)103(77-34-12-29-71(60-77)84-45-17-26-66-22-2-6-39-82(66)84)78-35-14-31-73(62-78)88-46-20-50-98-100(88)94-56-54-69-51-52-75(64-95(69)102(94)106-98)86-58-57-85(91-42-9-10-43-92(86)91)72-30-13-36-79(61-72)104(96-48-18-27-67-23-3-7-40-87(67)96)80-37-15-32-74(63-80)89-47-19-49-97-99(89)93-55-53-68-24-4-8-41-90(68)101(93)105-97/h1-64H. The molecule has 4 heteroatoms. The molecule has 21 aromatic rings. The molecular weight excluding hydrogens is 1290 g/mol. The SMILES string of the molecule is c1cc(-c2cccc3ccccc23)cc(N(c2cccc(-c3cccc4ccccc34)c2)c2cccc(-c3cccc4oc5c6cc(-c7ccc(-c8cccc(N(c9cccc(-c%10cccc%11oc%12c%13ccccc%13ccc%12c%10%11)c9)c9cccc%10ccccc9%10)c8)c8ccccc78)ccc6ccc5c34)c2)c1. The summed E-state index contributed by atoms with van der Waals surface area (Å²) in [5.41, 5.74) is 23.6. The van der Waals surface area contributed by atoms with E-state index in [9.17, 15) is 0 Å². The lowest BCUT2D eigenvalue weighted by atomic mass is 9.91. The highest BCUT2D eigenvalue weighted by molar-refractivity contribution is 6.21. The van der Waals surface area contributed by atoms with Gasteiger partial charge in [0.25, 0.3) is 0 Å². The van der Waals surface area contributed by atoms with Crippen LogP contribution in [-0.2, 0) is 0 Å². The van der Waals surface area contributed by atoms with Gasteiger partial charge >= 0.3 is 0 Å². The molecule has 0 saturated heterocycles. The Kier molecular flexibility index (Phi) is 14.2. The maximum atomic E-state index is 7.14. The molecule has 106 heavy (non-hydrogen) atoms. The smallest absolute Gasteiger partial charge is 0.143 e. The lowest BCUT2D eigenvalue weighted by Gasteiger charge is -2.28. The number of fused-ring (bicyclic) bond motifs is 14. The minimum absolute atomic E-state index is 0.844. The second-order valence-electron chi connectivity index (χ2n) is 27.8. The molecular formula is C102H64N2O2. The van der Waals surface area contributed by atoms with E-state index in [4.69, 9.17) is 8.83 Å². The molecule has 0 atom stereocenters. The molecule has 0 fully saturated rings. The lowest BCUT2D eigenvalue weighted by molar-refractivity contribution is 0.672. The molecule has 0 unspecified atom stereocenters. The second kappa shape index (κ2) is 24.9. The van der Waals surface area contributed by atoms with Gasteiger partial charge in [0.1, 0.15) is 22.3 Å². The highest BCUT2D eigenvalue weighted by Gasteiger charge is 2.24. The zero-order valence-electron chi connectivity index (χ0n) is 57.7. The molecule has 0 aliphatic heterocycles. The summed E-state index contributed by atoms with van der Waals surface area (Å²) in [5.74, 6) is 0. The van der Waals surface area contributed by atoms with Crippen molar-refractivity contribution < 1.29 is 8.83 Å². The van der Waals surface area contributed by atoms with Crippen LogP contribution in [0, 0.1) is 0 Å². The minimum atomic E-state index is 0.844. The average Bonchev–Trinajstić information content (AvgIpc) is 1.53. The molecule has 0 spiro atoms. The fourth-order valence-electron chi connectivity index (χ4n) is 16.9. The first-order valence-electron chi connectivity index (χ1n) is 36.3. The highest BCUT2D eigenvalue weighted by atomic mass is 16.3. The van der Waals surface area contributed by atoms with Crippen LogP contribution in [0.15, 0.2) is 397 Å². The minimum Gasteiger partial charge on any atom is -0.455 e. The molecule has 2 heterocycles. The van der Waals surface area contributed by atoms with Crippen LogP contribution in [0.4, 0.5) is 34.1 Å². The first-order valence-corrected chi connectivity index (χ1v) is 36.3. The summed E-state index contributed by atoms with van der Waals surface area (Å²) in [6.07, 6.45) is 0. The van der Waals surface area contributed by atoms with E-state index in [-0.39, 0.29) is 0 Å². The van der Waals surface area contributed by atoms with Gasteiger partial charge in [0.15, 0.2) is 0 Å².